The van der Waals surface area contributed by atoms with Crippen molar-refractivity contribution in [1.82, 2.24) is 15.1 Å². The molecule has 3 heterocycles. The normalized spacial score (nSPS) is 23.4. The summed E-state index contributed by atoms with van der Waals surface area (Å²) in [6, 6.07) is 16.5. The van der Waals surface area contributed by atoms with Gasteiger partial charge in [-0.3, -0.25) is 14.6 Å². The van der Waals surface area contributed by atoms with Crippen molar-refractivity contribution in [3.05, 3.63) is 59.7 Å². The first-order valence-electron chi connectivity index (χ1n) is 13.3. The Bertz CT molecular complexity index is 1060. The molecule has 3 saturated heterocycles. The number of piperidine rings is 1. The number of methoxy groups -OCH3 is 1. The SMILES string of the molecule is COc1ccc(CCN2C(=O)NC(C)(C3CCN(Cc4ccc(N5CCCC5)cc4)CC3)C2=O)cc1. The van der Waals surface area contributed by atoms with Crippen LogP contribution in [0.25, 0.3) is 0 Å². The largest absolute Gasteiger partial charge is 0.497 e. The number of carbonyl (C=O) groups is 2. The fourth-order valence-electron chi connectivity index (χ4n) is 5.94. The number of carbonyl (C=O) groups excluding carboxylic acids is 2. The summed E-state index contributed by atoms with van der Waals surface area (Å²) in [7, 11) is 1.64. The van der Waals surface area contributed by atoms with E-state index in [-0.39, 0.29) is 17.9 Å². The summed E-state index contributed by atoms with van der Waals surface area (Å²) in [6.45, 7) is 7.43. The maximum Gasteiger partial charge on any atom is 0.325 e. The highest BCUT2D eigenvalue weighted by Gasteiger charge is 2.52. The zero-order valence-electron chi connectivity index (χ0n) is 21.5. The van der Waals surface area contributed by atoms with Crippen LogP contribution in [-0.2, 0) is 17.8 Å². The maximum atomic E-state index is 13.4. The lowest BCUT2D eigenvalue weighted by atomic mass is 9.79. The van der Waals surface area contributed by atoms with E-state index in [9.17, 15) is 9.59 Å². The molecule has 0 radical (unpaired) electrons. The standard InChI is InChI=1S/C29H38N4O3/c1-29(27(34)33(28(35)30-29)20-13-22-7-11-26(36-2)12-8-22)24-14-18-31(19-15-24)21-23-5-9-25(10-6-23)32-16-3-4-17-32/h5-12,24H,3-4,13-21H2,1-2H3,(H,30,35). The van der Waals surface area contributed by atoms with Crippen LogP contribution in [0.3, 0.4) is 0 Å². The number of rotatable bonds is 8. The molecule has 0 saturated carbocycles. The smallest absolute Gasteiger partial charge is 0.325 e. The molecule has 3 amide bonds. The molecule has 1 atom stereocenters. The van der Waals surface area contributed by atoms with Crippen LogP contribution in [0.4, 0.5) is 10.5 Å². The average Bonchev–Trinajstić information content (AvgIpc) is 3.51. The van der Waals surface area contributed by atoms with Crippen molar-refractivity contribution in [3.8, 4) is 5.75 Å². The number of imide groups is 1. The van der Waals surface area contributed by atoms with Crippen molar-refractivity contribution in [1.29, 1.82) is 0 Å². The van der Waals surface area contributed by atoms with Gasteiger partial charge in [-0.15, -0.1) is 0 Å². The quantitative estimate of drug-likeness (QED) is 0.566. The molecular weight excluding hydrogens is 452 g/mol. The first-order valence-corrected chi connectivity index (χ1v) is 13.3. The second-order valence-corrected chi connectivity index (χ2v) is 10.6. The van der Waals surface area contributed by atoms with Gasteiger partial charge in [0.05, 0.1) is 7.11 Å². The number of likely N-dealkylation sites (tertiary alicyclic amines) is 1. The Balaban J connectivity index is 1.13. The van der Waals surface area contributed by atoms with Gasteiger partial charge in [0.2, 0.25) is 0 Å². The Morgan fingerprint density at radius 3 is 2.19 bits per heavy atom. The molecule has 3 aliphatic heterocycles. The van der Waals surface area contributed by atoms with Gasteiger partial charge in [-0.05, 0) is 93.4 Å². The minimum atomic E-state index is -0.819. The summed E-state index contributed by atoms with van der Waals surface area (Å²) in [5.41, 5.74) is 2.92. The van der Waals surface area contributed by atoms with Gasteiger partial charge in [-0.2, -0.15) is 0 Å². The lowest BCUT2D eigenvalue weighted by Crippen LogP contribution is -2.53. The minimum absolute atomic E-state index is 0.0861. The van der Waals surface area contributed by atoms with Crippen LogP contribution in [-0.4, -0.2) is 67.1 Å². The number of benzene rings is 2. The van der Waals surface area contributed by atoms with E-state index >= 15 is 0 Å². The monoisotopic (exact) mass is 490 g/mol. The molecule has 5 rings (SSSR count). The van der Waals surface area contributed by atoms with E-state index in [0.717, 1.165) is 43.8 Å². The number of hydrogen-bond acceptors (Lipinski definition) is 5. The molecule has 192 valence electrons. The van der Waals surface area contributed by atoms with Crippen LogP contribution in [0.2, 0.25) is 0 Å². The molecular formula is C29H38N4O3. The molecule has 3 fully saturated rings. The molecule has 7 heteroatoms. The predicted molar refractivity (Wildman–Crippen MR) is 141 cm³/mol. The van der Waals surface area contributed by atoms with Crippen LogP contribution in [0.1, 0.15) is 43.7 Å². The average molecular weight is 491 g/mol. The lowest BCUT2D eigenvalue weighted by Gasteiger charge is -2.39. The van der Waals surface area contributed by atoms with Crippen molar-refractivity contribution in [3.63, 3.8) is 0 Å². The van der Waals surface area contributed by atoms with Crippen LogP contribution in [0, 0.1) is 5.92 Å². The number of nitrogens with one attached hydrogen (secondary N) is 1. The van der Waals surface area contributed by atoms with Gasteiger partial charge in [-0.25, -0.2) is 4.79 Å². The summed E-state index contributed by atoms with van der Waals surface area (Å²) in [5, 5.41) is 3.05. The zero-order valence-corrected chi connectivity index (χ0v) is 21.5. The molecule has 0 bridgehead atoms. The van der Waals surface area contributed by atoms with E-state index in [1.54, 1.807) is 7.11 Å². The van der Waals surface area contributed by atoms with Crippen molar-refractivity contribution < 1.29 is 14.3 Å². The topological polar surface area (TPSA) is 65.1 Å². The molecule has 0 aromatic heterocycles. The second kappa shape index (κ2) is 10.5. The summed E-state index contributed by atoms with van der Waals surface area (Å²) in [6.07, 6.45) is 5.02. The van der Waals surface area contributed by atoms with Gasteiger partial charge in [0.1, 0.15) is 11.3 Å². The highest BCUT2D eigenvalue weighted by molar-refractivity contribution is 6.07. The third-order valence-electron chi connectivity index (χ3n) is 8.30. The van der Waals surface area contributed by atoms with E-state index in [2.05, 4.69) is 39.4 Å². The molecule has 0 spiro atoms. The highest BCUT2D eigenvalue weighted by atomic mass is 16.5. The summed E-state index contributed by atoms with van der Waals surface area (Å²) >= 11 is 0. The minimum Gasteiger partial charge on any atom is -0.497 e. The van der Waals surface area contributed by atoms with E-state index < -0.39 is 5.54 Å². The fourth-order valence-corrected chi connectivity index (χ4v) is 5.94. The van der Waals surface area contributed by atoms with Crippen LogP contribution >= 0.6 is 0 Å². The molecule has 2 aromatic carbocycles. The Labute approximate surface area is 214 Å². The number of hydrogen-bond donors (Lipinski definition) is 1. The van der Waals surface area contributed by atoms with E-state index in [4.69, 9.17) is 4.74 Å². The summed E-state index contributed by atoms with van der Waals surface area (Å²) in [4.78, 5) is 32.5. The third-order valence-corrected chi connectivity index (χ3v) is 8.30. The molecule has 0 aliphatic carbocycles. The van der Waals surface area contributed by atoms with Gasteiger partial charge < -0.3 is 15.0 Å². The maximum absolute atomic E-state index is 13.4. The van der Waals surface area contributed by atoms with Gasteiger partial charge in [-0.1, -0.05) is 24.3 Å². The molecule has 3 aliphatic rings. The van der Waals surface area contributed by atoms with E-state index in [1.807, 2.05) is 31.2 Å². The number of anilines is 1. The van der Waals surface area contributed by atoms with Crippen LogP contribution in [0.5, 0.6) is 5.75 Å². The second-order valence-electron chi connectivity index (χ2n) is 10.6. The van der Waals surface area contributed by atoms with Gasteiger partial charge in [0.25, 0.3) is 5.91 Å². The van der Waals surface area contributed by atoms with E-state index in [0.29, 0.717) is 13.0 Å². The van der Waals surface area contributed by atoms with Crippen molar-refractivity contribution in [2.75, 3.05) is 44.7 Å². The molecule has 7 nitrogen and oxygen atoms in total. The molecule has 1 N–H and O–H groups in total. The Morgan fingerprint density at radius 2 is 1.56 bits per heavy atom. The number of ether oxygens (including phenoxy) is 1. The Hall–Kier alpha value is -3.06. The predicted octanol–water partition coefficient (Wildman–Crippen LogP) is 4.06. The third kappa shape index (κ3) is 5.07. The molecule has 36 heavy (non-hydrogen) atoms. The first kappa shape index (κ1) is 24.6. The molecule has 1 unspecified atom stereocenters. The van der Waals surface area contributed by atoms with Crippen LogP contribution < -0.4 is 15.0 Å². The van der Waals surface area contributed by atoms with Crippen LogP contribution in [0.15, 0.2) is 48.5 Å². The number of urea groups is 1. The Kier molecular flexibility index (Phi) is 7.19. The lowest BCUT2D eigenvalue weighted by molar-refractivity contribution is -0.133. The molecule has 2 aromatic rings. The van der Waals surface area contributed by atoms with Gasteiger partial charge in [0.15, 0.2) is 0 Å². The number of nitrogens with zero attached hydrogens (tertiary/aromatic N) is 3. The van der Waals surface area contributed by atoms with E-state index in [1.165, 1.54) is 42.1 Å². The Morgan fingerprint density at radius 1 is 0.917 bits per heavy atom. The number of amides is 3. The van der Waals surface area contributed by atoms with Gasteiger partial charge in [0, 0.05) is 31.9 Å². The van der Waals surface area contributed by atoms with Crippen molar-refractivity contribution in [2.24, 2.45) is 5.92 Å². The summed E-state index contributed by atoms with van der Waals surface area (Å²) < 4.78 is 5.21. The first-order chi connectivity index (χ1) is 17.5. The van der Waals surface area contributed by atoms with Crippen molar-refractivity contribution in [2.45, 2.75) is 51.1 Å². The zero-order chi connectivity index (χ0) is 25.1. The fraction of sp³-hybridized carbons (Fsp3) is 0.517. The summed E-state index contributed by atoms with van der Waals surface area (Å²) in [5.74, 6) is 0.859. The van der Waals surface area contributed by atoms with Gasteiger partial charge >= 0.3 is 6.03 Å². The highest BCUT2D eigenvalue weighted by Crippen LogP contribution is 2.34. The van der Waals surface area contributed by atoms with Crippen molar-refractivity contribution >= 4 is 17.6 Å².